The Balaban J connectivity index is 1.28. The summed E-state index contributed by atoms with van der Waals surface area (Å²) in [6.07, 6.45) is 10.8. The zero-order valence-electron chi connectivity index (χ0n) is 16.6. The van der Waals surface area contributed by atoms with Crippen LogP contribution in [0, 0.1) is 17.8 Å². The number of hydrogen-bond donors (Lipinski definition) is 1. The standard InChI is InChI=1S/C24H25N3O2/c1-24(16-19-9-13-27(24)14-10-19)25-23(28)26-12-11-22-20(17-26)15-21(29-22)8-7-18-5-3-2-4-6-18/h2-6,11-12,15,17,19,22H,9-10,13-14,16H2,1H3,(H,25,28)/t22?,24-/m0/s1. The number of nitrogens with one attached hydrogen (secondary N) is 1. The Morgan fingerprint density at radius 2 is 2.00 bits per heavy atom. The lowest BCUT2D eigenvalue weighted by atomic mass is 9.80. The highest BCUT2D eigenvalue weighted by atomic mass is 16.5. The third-order valence-electron chi connectivity index (χ3n) is 6.30. The number of allylic oxidation sites excluding steroid dienone is 1. The van der Waals surface area contributed by atoms with Gasteiger partial charge in [0.1, 0.15) is 6.10 Å². The minimum Gasteiger partial charge on any atom is -0.473 e. The van der Waals surface area contributed by atoms with E-state index in [1.54, 1.807) is 11.1 Å². The maximum atomic E-state index is 12.9. The molecular weight excluding hydrogens is 362 g/mol. The highest BCUT2D eigenvalue weighted by molar-refractivity contribution is 5.78. The molecule has 1 aromatic carbocycles. The van der Waals surface area contributed by atoms with Crippen LogP contribution in [0.5, 0.6) is 0 Å². The first-order chi connectivity index (χ1) is 14.1. The number of piperidine rings is 3. The molecule has 5 nitrogen and oxygen atoms in total. The van der Waals surface area contributed by atoms with Gasteiger partial charge in [-0.05, 0) is 62.3 Å². The van der Waals surface area contributed by atoms with Crippen molar-refractivity contribution in [2.45, 2.75) is 38.0 Å². The highest BCUT2D eigenvalue weighted by Gasteiger charge is 2.44. The van der Waals surface area contributed by atoms with Crippen molar-refractivity contribution >= 4 is 6.03 Å². The summed E-state index contributed by atoms with van der Waals surface area (Å²) in [6, 6.07) is 9.73. The topological polar surface area (TPSA) is 44.8 Å². The molecule has 0 spiro atoms. The summed E-state index contributed by atoms with van der Waals surface area (Å²) in [4.78, 5) is 17.0. The fourth-order valence-electron chi connectivity index (χ4n) is 4.70. The van der Waals surface area contributed by atoms with Gasteiger partial charge in [0.15, 0.2) is 5.76 Å². The average Bonchev–Trinajstić information content (AvgIpc) is 3.15. The van der Waals surface area contributed by atoms with Crippen LogP contribution in [0.25, 0.3) is 0 Å². The van der Waals surface area contributed by atoms with E-state index in [9.17, 15) is 4.79 Å². The molecule has 2 atom stereocenters. The summed E-state index contributed by atoms with van der Waals surface area (Å²) in [5.74, 6) is 7.54. The van der Waals surface area contributed by atoms with E-state index in [2.05, 4.69) is 29.0 Å². The molecule has 148 valence electrons. The van der Waals surface area contributed by atoms with E-state index >= 15 is 0 Å². The lowest BCUT2D eigenvalue weighted by Gasteiger charge is -2.53. The van der Waals surface area contributed by atoms with Crippen molar-refractivity contribution in [1.82, 2.24) is 15.1 Å². The second-order valence-electron chi connectivity index (χ2n) is 8.38. The van der Waals surface area contributed by atoms with Crippen LogP contribution in [0.1, 0.15) is 31.7 Å². The van der Waals surface area contributed by atoms with E-state index < -0.39 is 0 Å². The zero-order valence-corrected chi connectivity index (χ0v) is 16.6. The number of nitrogens with zero attached hydrogens (tertiary/aromatic N) is 2. The van der Waals surface area contributed by atoms with Gasteiger partial charge in [0.2, 0.25) is 0 Å². The molecule has 6 rings (SSSR count). The van der Waals surface area contributed by atoms with Crippen LogP contribution < -0.4 is 5.32 Å². The van der Waals surface area contributed by atoms with Crippen LogP contribution in [-0.2, 0) is 4.74 Å². The van der Waals surface area contributed by atoms with Crippen molar-refractivity contribution in [1.29, 1.82) is 0 Å². The number of urea groups is 1. The van der Waals surface area contributed by atoms with Crippen molar-refractivity contribution in [3.63, 3.8) is 0 Å². The summed E-state index contributed by atoms with van der Waals surface area (Å²) < 4.78 is 5.89. The van der Waals surface area contributed by atoms with Gasteiger partial charge in [-0.15, -0.1) is 0 Å². The maximum absolute atomic E-state index is 12.9. The number of fused-ring (bicyclic) bond motifs is 4. The van der Waals surface area contributed by atoms with Crippen LogP contribution in [-0.4, -0.2) is 40.7 Å². The van der Waals surface area contributed by atoms with E-state index in [-0.39, 0.29) is 17.8 Å². The molecule has 29 heavy (non-hydrogen) atoms. The molecule has 0 radical (unpaired) electrons. The van der Waals surface area contributed by atoms with Gasteiger partial charge in [0, 0.05) is 36.6 Å². The Hall–Kier alpha value is -2.97. The van der Waals surface area contributed by atoms with E-state index in [1.165, 1.54) is 12.8 Å². The van der Waals surface area contributed by atoms with Gasteiger partial charge in [-0.2, -0.15) is 0 Å². The fourth-order valence-corrected chi connectivity index (χ4v) is 4.70. The molecule has 1 aromatic rings. The summed E-state index contributed by atoms with van der Waals surface area (Å²) >= 11 is 0. The third kappa shape index (κ3) is 3.56. The SMILES string of the molecule is C[C@@]1(NC(=O)N2C=CC3OC(C#Cc4ccccc4)=CC3=C2)CC2CCN1CC2. The average molecular weight is 387 g/mol. The summed E-state index contributed by atoms with van der Waals surface area (Å²) in [5.41, 5.74) is 1.63. The number of amides is 2. The number of ether oxygens (including phenoxy) is 1. The minimum absolute atomic E-state index is 0.0977. The van der Waals surface area contributed by atoms with E-state index in [0.29, 0.717) is 5.76 Å². The second-order valence-corrected chi connectivity index (χ2v) is 8.38. The van der Waals surface area contributed by atoms with Crippen molar-refractivity contribution < 1.29 is 9.53 Å². The number of hydrogen-bond acceptors (Lipinski definition) is 3. The molecule has 5 heterocycles. The van der Waals surface area contributed by atoms with Crippen LogP contribution in [0.4, 0.5) is 4.79 Å². The largest absolute Gasteiger partial charge is 0.473 e. The second kappa shape index (κ2) is 7.13. The lowest BCUT2D eigenvalue weighted by molar-refractivity contribution is -0.0327. The Morgan fingerprint density at radius 3 is 2.72 bits per heavy atom. The molecule has 0 aliphatic carbocycles. The number of carbonyl (C=O) groups is 1. The Bertz CT molecular complexity index is 961. The quantitative estimate of drug-likeness (QED) is 0.750. The number of benzene rings is 1. The van der Waals surface area contributed by atoms with Gasteiger partial charge in [0.05, 0.1) is 5.66 Å². The summed E-state index contributed by atoms with van der Waals surface area (Å²) in [5, 5.41) is 3.26. The molecule has 2 amide bonds. The van der Waals surface area contributed by atoms with Crippen molar-refractivity contribution in [2.24, 2.45) is 5.92 Å². The zero-order chi connectivity index (χ0) is 19.8. The molecule has 1 N–H and O–H groups in total. The summed E-state index contributed by atoms with van der Waals surface area (Å²) in [7, 11) is 0. The predicted molar refractivity (Wildman–Crippen MR) is 111 cm³/mol. The molecule has 3 fully saturated rings. The molecule has 5 aliphatic heterocycles. The van der Waals surface area contributed by atoms with Crippen molar-refractivity contribution in [3.05, 3.63) is 71.8 Å². The first kappa shape index (κ1) is 18.1. The highest BCUT2D eigenvalue weighted by Crippen LogP contribution is 2.37. The predicted octanol–water partition coefficient (Wildman–Crippen LogP) is 3.58. The van der Waals surface area contributed by atoms with Crippen molar-refractivity contribution in [2.75, 3.05) is 13.1 Å². The normalized spacial score (nSPS) is 31.8. The van der Waals surface area contributed by atoms with Gasteiger partial charge in [-0.3, -0.25) is 9.80 Å². The first-order valence-corrected chi connectivity index (χ1v) is 10.3. The molecule has 5 aliphatic rings. The minimum atomic E-state index is -0.254. The molecular formula is C24H25N3O2. The molecule has 5 heteroatoms. The molecule has 3 saturated heterocycles. The van der Waals surface area contributed by atoms with Gasteiger partial charge in [-0.25, -0.2) is 4.79 Å². The first-order valence-electron chi connectivity index (χ1n) is 10.3. The van der Waals surface area contributed by atoms with Crippen LogP contribution in [0.2, 0.25) is 0 Å². The fraction of sp³-hybridized carbons (Fsp3) is 0.375. The monoisotopic (exact) mass is 387 g/mol. The van der Waals surface area contributed by atoms with Gasteiger partial charge in [0.25, 0.3) is 0 Å². The van der Waals surface area contributed by atoms with Crippen molar-refractivity contribution in [3.8, 4) is 11.8 Å². The number of carbonyl (C=O) groups excluding carboxylic acids is 1. The van der Waals surface area contributed by atoms with Crippen LogP contribution in [0.15, 0.2) is 66.2 Å². The van der Waals surface area contributed by atoms with E-state index in [0.717, 1.165) is 36.6 Å². The van der Waals surface area contributed by atoms with Crippen LogP contribution in [0.3, 0.4) is 0 Å². The Morgan fingerprint density at radius 1 is 1.21 bits per heavy atom. The molecule has 0 saturated carbocycles. The van der Waals surface area contributed by atoms with Crippen LogP contribution >= 0.6 is 0 Å². The molecule has 1 unspecified atom stereocenters. The molecule has 0 aromatic heterocycles. The maximum Gasteiger partial charge on any atom is 0.326 e. The van der Waals surface area contributed by atoms with Gasteiger partial charge in [-0.1, -0.05) is 24.1 Å². The Labute approximate surface area is 171 Å². The molecule has 2 bridgehead atoms. The smallest absolute Gasteiger partial charge is 0.326 e. The van der Waals surface area contributed by atoms with E-state index in [1.807, 2.05) is 48.7 Å². The summed E-state index contributed by atoms with van der Waals surface area (Å²) in [6.45, 7) is 4.29. The Kier molecular flexibility index (Phi) is 4.44. The number of rotatable bonds is 1. The van der Waals surface area contributed by atoms with Gasteiger partial charge >= 0.3 is 6.03 Å². The third-order valence-corrected chi connectivity index (χ3v) is 6.30. The van der Waals surface area contributed by atoms with E-state index in [4.69, 9.17) is 4.74 Å². The lowest BCUT2D eigenvalue weighted by Crippen LogP contribution is -2.66. The van der Waals surface area contributed by atoms with Gasteiger partial charge < -0.3 is 10.1 Å².